The van der Waals surface area contributed by atoms with Crippen molar-refractivity contribution in [2.45, 2.75) is 52.5 Å². The van der Waals surface area contributed by atoms with E-state index in [1.165, 1.54) is 17.5 Å². The number of nitrogens with zero attached hydrogens (tertiary/aromatic N) is 1. The van der Waals surface area contributed by atoms with Gasteiger partial charge in [0.25, 0.3) is 0 Å². The van der Waals surface area contributed by atoms with Crippen molar-refractivity contribution in [3.05, 3.63) is 29.3 Å². The lowest BCUT2D eigenvalue weighted by molar-refractivity contribution is -0.133. The van der Waals surface area contributed by atoms with Crippen molar-refractivity contribution in [1.29, 1.82) is 0 Å². The first kappa shape index (κ1) is 14.9. The van der Waals surface area contributed by atoms with Crippen molar-refractivity contribution in [2.75, 3.05) is 18.4 Å². The van der Waals surface area contributed by atoms with Gasteiger partial charge in [-0.05, 0) is 51.2 Å². The van der Waals surface area contributed by atoms with Gasteiger partial charge in [0.05, 0.1) is 6.54 Å². The summed E-state index contributed by atoms with van der Waals surface area (Å²) >= 11 is 0. The molecule has 3 heteroatoms. The fraction of sp³-hybridized carbons (Fsp3) is 0.588. The highest BCUT2D eigenvalue weighted by Gasteiger charge is 2.24. The molecule has 1 heterocycles. The first-order valence-electron chi connectivity index (χ1n) is 7.72. The third kappa shape index (κ3) is 3.53. The number of likely N-dealkylation sites (tertiary alicyclic amines) is 1. The quantitative estimate of drug-likeness (QED) is 0.911. The molecule has 1 aromatic carbocycles. The molecule has 1 unspecified atom stereocenters. The van der Waals surface area contributed by atoms with Gasteiger partial charge in [-0.1, -0.05) is 24.6 Å². The highest BCUT2D eigenvalue weighted by atomic mass is 16.2. The lowest BCUT2D eigenvalue weighted by Gasteiger charge is -2.35. The number of anilines is 1. The predicted molar refractivity (Wildman–Crippen MR) is 84.0 cm³/mol. The Balaban J connectivity index is 1.94. The van der Waals surface area contributed by atoms with E-state index >= 15 is 0 Å². The maximum absolute atomic E-state index is 12.4. The summed E-state index contributed by atoms with van der Waals surface area (Å²) in [6.07, 6.45) is 4.62. The Hall–Kier alpha value is -1.51. The minimum atomic E-state index is 0.233. The highest BCUT2D eigenvalue weighted by molar-refractivity contribution is 5.81. The first-order chi connectivity index (χ1) is 9.61. The molecule has 0 aliphatic carbocycles. The molecule has 0 bridgehead atoms. The van der Waals surface area contributed by atoms with Crippen molar-refractivity contribution in [1.82, 2.24) is 4.90 Å². The number of hydrogen-bond acceptors (Lipinski definition) is 2. The number of carbonyl (C=O) groups excluding carboxylic acids is 1. The number of hydrogen-bond donors (Lipinski definition) is 1. The minimum absolute atomic E-state index is 0.233. The minimum Gasteiger partial charge on any atom is -0.376 e. The molecule has 20 heavy (non-hydrogen) atoms. The first-order valence-corrected chi connectivity index (χ1v) is 7.72. The van der Waals surface area contributed by atoms with Crippen LogP contribution in [0.15, 0.2) is 18.2 Å². The standard InChI is InChI=1S/C17H26N2O/c1-4-15-7-5-6-10-19(15)17(20)12-18-16-9-8-13(2)11-14(16)3/h8-9,11,15,18H,4-7,10,12H2,1-3H3. The van der Waals surface area contributed by atoms with Crippen LogP contribution in [0.3, 0.4) is 0 Å². The van der Waals surface area contributed by atoms with E-state index in [9.17, 15) is 4.79 Å². The van der Waals surface area contributed by atoms with E-state index < -0.39 is 0 Å². The second-order valence-electron chi connectivity index (χ2n) is 5.82. The molecule has 0 spiro atoms. The molecule has 1 saturated heterocycles. The number of benzene rings is 1. The molecule has 1 N–H and O–H groups in total. The van der Waals surface area contributed by atoms with Crippen LogP contribution in [-0.2, 0) is 4.79 Å². The van der Waals surface area contributed by atoms with Crippen molar-refractivity contribution in [3.8, 4) is 0 Å². The van der Waals surface area contributed by atoms with Crippen molar-refractivity contribution in [2.24, 2.45) is 0 Å². The Bertz CT molecular complexity index is 470. The zero-order valence-electron chi connectivity index (χ0n) is 12.9. The summed E-state index contributed by atoms with van der Waals surface area (Å²) in [5, 5.41) is 3.29. The molecule has 1 amide bonds. The van der Waals surface area contributed by atoms with E-state index in [2.05, 4.69) is 49.2 Å². The number of nitrogens with one attached hydrogen (secondary N) is 1. The van der Waals surface area contributed by atoms with E-state index in [0.29, 0.717) is 12.6 Å². The molecular formula is C17H26N2O. The topological polar surface area (TPSA) is 32.3 Å². The zero-order valence-corrected chi connectivity index (χ0v) is 12.9. The van der Waals surface area contributed by atoms with Crippen LogP contribution in [0.5, 0.6) is 0 Å². The van der Waals surface area contributed by atoms with E-state index in [1.807, 2.05) is 0 Å². The summed E-state index contributed by atoms with van der Waals surface area (Å²) in [5.74, 6) is 0.233. The molecular weight excluding hydrogens is 248 g/mol. The monoisotopic (exact) mass is 274 g/mol. The lowest BCUT2D eigenvalue weighted by atomic mass is 10.00. The molecule has 3 nitrogen and oxygen atoms in total. The van der Waals surface area contributed by atoms with Crippen LogP contribution in [0.4, 0.5) is 5.69 Å². The van der Waals surface area contributed by atoms with Gasteiger partial charge in [0.1, 0.15) is 0 Å². The normalized spacial score (nSPS) is 18.9. The molecule has 0 radical (unpaired) electrons. The van der Waals surface area contributed by atoms with E-state index in [4.69, 9.17) is 0 Å². The molecule has 0 saturated carbocycles. The molecule has 0 aromatic heterocycles. The van der Waals surface area contributed by atoms with Crippen LogP contribution in [0.2, 0.25) is 0 Å². The Morgan fingerprint density at radius 3 is 2.85 bits per heavy atom. The number of rotatable bonds is 4. The molecule has 110 valence electrons. The summed E-state index contributed by atoms with van der Waals surface area (Å²) in [6, 6.07) is 6.72. The maximum atomic E-state index is 12.4. The van der Waals surface area contributed by atoms with E-state index in [1.54, 1.807) is 0 Å². The Morgan fingerprint density at radius 1 is 1.35 bits per heavy atom. The van der Waals surface area contributed by atoms with Gasteiger partial charge in [0, 0.05) is 18.3 Å². The summed E-state index contributed by atoms with van der Waals surface area (Å²) in [6.45, 7) is 7.66. The van der Waals surface area contributed by atoms with Gasteiger partial charge in [-0.15, -0.1) is 0 Å². The molecule has 1 aliphatic heterocycles. The van der Waals surface area contributed by atoms with Gasteiger partial charge in [0.15, 0.2) is 0 Å². The van der Waals surface area contributed by atoms with Crippen molar-refractivity contribution >= 4 is 11.6 Å². The number of piperidine rings is 1. The third-order valence-corrected chi connectivity index (χ3v) is 4.23. The van der Waals surface area contributed by atoms with Gasteiger partial charge in [-0.3, -0.25) is 4.79 Å². The molecule has 1 aliphatic rings. The van der Waals surface area contributed by atoms with E-state index in [-0.39, 0.29) is 5.91 Å². The highest BCUT2D eigenvalue weighted by Crippen LogP contribution is 2.20. The van der Waals surface area contributed by atoms with Crippen LogP contribution in [0.25, 0.3) is 0 Å². The number of amides is 1. The summed E-state index contributed by atoms with van der Waals surface area (Å²) in [4.78, 5) is 14.5. The van der Waals surface area contributed by atoms with Crippen molar-refractivity contribution in [3.63, 3.8) is 0 Å². The average molecular weight is 274 g/mol. The largest absolute Gasteiger partial charge is 0.376 e. The Morgan fingerprint density at radius 2 is 2.15 bits per heavy atom. The van der Waals surface area contributed by atoms with Gasteiger partial charge in [-0.25, -0.2) is 0 Å². The second-order valence-corrected chi connectivity index (χ2v) is 5.82. The fourth-order valence-corrected chi connectivity index (χ4v) is 3.04. The zero-order chi connectivity index (χ0) is 14.5. The summed E-state index contributed by atoms with van der Waals surface area (Å²) < 4.78 is 0. The van der Waals surface area contributed by atoms with Crippen molar-refractivity contribution < 1.29 is 4.79 Å². The smallest absolute Gasteiger partial charge is 0.242 e. The number of carbonyl (C=O) groups is 1. The van der Waals surface area contributed by atoms with Crippen LogP contribution in [-0.4, -0.2) is 29.9 Å². The van der Waals surface area contributed by atoms with Gasteiger partial charge < -0.3 is 10.2 Å². The maximum Gasteiger partial charge on any atom is 0.242 e. The lowest BCUT2D eigenvalue weighted by Crippen LogP contribution is -2.45. The van der Waals surface area contributed by atoms with Crippen LogP contribution >= 0.6 is 0 Å². The Kier molecular flexibility index (Phi) is 5.05. The van der Waals surface area contributed by atoms with Gasteiger partial charge in [0.2, 0.25) is 5.91 Å². The Labute approximate surface area is 122 Å². The SMILES string of the molecule is CCC1CCCCN1C(=O)CNc1ccc(C)cc1C. The van der Waals surface area contributed by atoms with Crippen LogP contribution in [0, 0.1) is 13.8 Å². The van der Waals surface area contributed by atoms with E-state index in [0.717, 1.165) is 31.5 Å². The third-order valence-electron chi connectivity index (χ3n) is 4.23. The predicted octanol–water partition coefficient (Wildman–Crippen LogP) is 3.51. The molecule has 1 atom stereocenters. The van der Waals surface area contributed by atoms with Crippen LogP contribution < -0.4 is 5.32 Å². The summed E-state index contributed by atoms with van der Waals surface area (Å²) in [5.41, 5.74) is 3.51. The number of aryl methyl sites for hydroxylation is 2. The molecule has 2 rings (SSSR count). The summed E-state index contributed by atoms with van der Waals surface area (Å²) in [7, 11) is 0. The van der Waals surface area contributed by atoms with Crippen LogP contribution in [0.1, 0.15) is 43.7 Å². The molecule has 1 aromatic rings. The van der Waals surface area contributed by atoms with Gasteiger partial charge in [-0.2, -0.15) is 0 Å². The fourth-order valence-electron chi connectivity index (χ4n) is 3.04. The average Bonchev–Trinajstić information content (AvgIpc) is 2.46. The second kappa shape index (κ2) is 6.78. The molecule has 1 fully saturated rings. The van der Waals surface area contributed by atoms with Gasteiger partial charge >= 0.3 is 0 Å².